The fourth-order valence-electron chi connectivity index (χ4n) is 3.52. The minimum Gasteiger partial charge on any atom is -0.356 e. The smallest absolute Gasteiger partial charge is 0.252 e. The molecule has 0 saturated heterocycles. The molecule has 0 aliphatic rings. The van der Waals surface area contributed by atoms with E-state index in [-0.39, 0.29) is 5.91 Å². The number of fused-ring (bicyclic) bond motifs is 1. The van der Waals surface area contributed by atoms with Crippen LogP contribution in [0.25, 0.3) is 5.78 Å². The summed E-state index contributed by atoms with van der Waals surface area (Å²) in [7, 11) is 0. The molecule has 162 valence electrons. The van der Waals surface area contributed by atoms with Crippen molar-refractivity contribution in [2.75, 3.05) is 12.8 Å². The number of carbonyl (C=O) groups excluding carboxylic acids is 1. The van der Waals surface area contributed by atoms with Gasteiger partial charge in [-0.1, -0.05) is 25.6 Å². The Morgan fingerprint density at radius 3 is 2.77 bits per heavy atom. The van der Waals surface area contributed by atoms with E-state index in [0.717, 1.165) is 47.3 Å². The molecule has 3 heterocycles. The third-order valence-electron chi connectivity index (χ3n) is 5.01. The number of amides is 1. The Morgan fingerprint density at radius 2 is 2.03 bits per heavy atom. The Labute approximate surface area is 181 Å². The summed E-state index contributed by atoms with van der Waals surface area (Å²) in [5.74, 6) is 2.15. The number of hydrogen-bond acceptors (Lipinski definition) is 7. The van der Waals surface area contributed by atoms with E-state index in [1.807, 2.05) is 20.1 Å². The normalized spacial score (nSPS) is 11.5. The number of aromatic nitrogens is 7. The quantitative estimate of drug-likeness (QED) is 0.389. The lowest BCUT2D eigenvalue weighted by Gasteiger charge is -2.12. The fourth-order valence-corrected chi connectivity index (χ4v) is 4.04. The molecule has 1 N–H and O–H groups in total. The number of nitrogens with one attached hydrogen (secondary N) is 1. The summed E-state index contributed by atoms with van der Waals surface area (Å²) < 4.78 is 3.91. The monoisotopic (exact) mass is 430 g/mol. The van der Waals surface area contributed by atoms with Crippen LogP contribution in [0.4, 0.5) is 0 Å². The van der Waals surface area contributed by atoms with Gasteiger partial charge in [0, 0.05) is 37.3 Å². The van der Waals surface area contributed by atoms with Gasteiger partial charge in [0.2, 0.25) is 5.91 Å². The Balaban J connectivity index is 1.48. The van der Waals surface area contributed by atoms with Crippen LogP contribution in [0.2, 0.25) is 0 Å². The van der Waals surface area contributed by atoms with E-state index < -0.39 is 0 Å². The topological polar surface area (TPSA) is 103 Å². The van der Waals surface area contributed by atoms with Crippen molar-refractivity contribution in [2.45, 2.75) is 65.1 Å². The van der Waals surface area contributed by atoms with Crippen LogP contribution in [-0.2, 0) is 24.2 Å². The molecule has 0 atom stereocenters. The fraction of sp³-hybridized carbons (Fsp3) is 0.600. The molecule has 0 bridgehead atoms. The number of hydrogen-bond donors (Lipinski definition) is 1. The second-order valence-electron chi connectivity index (χ2n) is 7.79. The minimum absolute atomic E-state index is 0.0425. The van der Waals surface area contributed by atoms with E-state index in [1.54, 1.807) is 16.3 Å². The van der Waals surface area contributed by atoms with Crippen molar-refractivity contribution in [3.05, 3.63) is 29.1 Å². The Kier molecular flexibility index (Phi) is 7.41. The van der Waals surface area contributed by atoms with Gasteiger partial charge >= 0.3 is 0 Å². The maximum absolute atomic E-state index is 12.3. The lowest BCUT2D eigenvalue weighted by atomic mass is 10.1. The van der Waals surface area contributed by atoms with Crippen molar-refractivity contribution < 1.29 is 4.79 Å². The van der Waals surface area contributed by atoms with Crippen LogP contribution in [0.3, 0.4) is 0 Å². The number of carbonyl (C=O) groups is 1. The van der Waals surface area contributed by atoms with Gasteiger partial charge in [0.25, 0.3) is 5.78 Å². The van der Waals surface area contributed by atoms with Gasteiger partial charge in [-0.3, -0.25) is 4.79 Å². The molecule has 0 aliphatic heterocycles. The van der Waals surface area contributed by atoms with Gasteiger partial charge in [0.1, 0.15) is 12.2 Å². The maximum Gasteiger partial charge on any atom is 0.252 e. The average molecular weight is 431 g/mol. The summed E-state index contributed by atoms with van der Waals surface area (Å²) in [5, 5.41) is 16.8. The molecule has 0 aliphatic carbocycles. The first kappa shape index (κ1) is 22.2. The third kappa shape index (κ3) is 5.16. The summed E-state index contributed by atoms with van der Waals surface area (Å²) in [6.07, 6.45) is 6.20. The second kappa shape index (κ2) is 10.0. The van der Waals surface area contributed by atoms with Crippen LogP contribution >= 0.6 is 11.8 Å². The largest absolute Gasteiger partial charge is 0.356 e. The Hall–Kier alpha value is -2.49. The number of rotatable bonds is 10. The van der Waals surface area contributed by atoms with E-state index in [4.69, 9.17) is 0 Å². The molecular weight excluding hydrogens is 400 g/mol. The van der Waals surface area contributed by atoms with Crippen molar-refractivity contribution in [1.29, 1.82) is 0 Å². The van der Waals surface area contributed by atoms with Gasteiger partial charge in [0.15, 0.2) is 5.16 Å². The van der Waals surface area contributed by atoms with E-state index in [0.29, 0.717) is 31.1 Å². The van der Waals surface area contributed by atoms with Crippen LogP contribution in [0.15, 0.2) is 11.5 Å². The van der Waals surface area contributed by atoms with Gasteiger partial charge < -0.3 is 9.88 Å². The predicted octanol–water partition coefficient (Wildman–Crippen LogP) is 2.39. The third-order valence-corrected chi connectivity index (χ3v) is 5.68. The van der Waals surface area contributed by atoms with Crippen molar-refractivity contribution in [2.24, 2.45) is 5.92 Å². The number of nitrogens with zero attached hydrogens (tertiary/aromatic N) is 7. The molecule has 3 rings (SSSR count). The zero-order valence-corrected chi connectivity index (χ0v) is 19.2. The molecule has 1 amide bonds. The maximum atomic E-state index is 12.3. The highest BCUT2D eigenvalue weighted by Gasteiger charge is 2.14. The molecule has 3 aromatic heterocycles. The lowest BCUT2D eigenvalue weighted by Crippen LogP contribution is -2.25. The Morgan fingerprint density at radius 1 is 1.23 bits per heavy atom. The summed E-state index contributed by atoms with van der Waals surface area (Å²) in [6, 6.07) is 0. The van der Waals surface area contributed by atoms with Crippen molar-refractivity contribution >= 4 is 23.4 Å². The number of aryl methyl sites for hydroxylation is 3. The summed E-state index contributed by atoms with van der Waals surface area (Å²) >= 11 is 1.61. The van der Waals surface area contributed by atoms with Crippen LogP contribution in [0, 0.1) is 19.8 Å². The van der Waals surface area contributed by atoms with Crippen molar-refractivity contribution in [1.82, 2.24) is 39.7 Å². The van der Waals surface area contributed by atoms with E-state index in [2.05, 4.69) is 49.0 Å². The highest BCUT2D eigenvalue weighted by Crippen LogP contribution is 2.17. The molecule has 0 spiro atoms. The minimum atomic E-state index is 0.0425. The van der Waals surface area contributed by atoms with Crippen molar-refractivity contribution in [3.8, 4) is 0 Å². The molecule has 0 radical (unpaired) electrons. The first-order valence-electron chi connectivity index (χ1n) is 10.3. The highest BCUT2D eigenvalue weighted by molar-refractivity contribution is 7.98. The molecule has 0 aromatic carbocycles. The van der Waals surface area contributed by atoms with Crippen LogP contribution in [0.5, 0.6) is 0 Å². The molecule has 3 aromatic rings. The van der Waals surface area contributed by atoms with Gasteiger partial charge in [-0.05, 0) is 44.4 Å². The van der Waals surface area contributed by atoms with Crippen LogP contribution < -0.4 is 5.32 Å². The zero-order valence-electron chi connectivity index (χ0n) is 18.3. The van der Waals surface area contributed by atoms with Crippen molar-refractivity contribution in [3.63, 3.8) is 0 Å². The highest BCUT2D eigenvalue weighted by atomic mass is 32.2. The summed E-state index contributed by atoms with van der Waals surface area (Å²) in [6.45, 7) is 9.85. The zero-order chi connectivity index (χ0) is 21.7. The van der Waals surface area contributed by atoms with Gasteiger partial charge in [0.05, 0.1) is 0 Å². The average Bonchev–Trinajstić information content (AvgIpc) is 3.31. The molecule has 0 unspecified atom stereocenters. The van der Waals surface area contributed by atoms with E-state index >= 15 is 0 Å². The van der Waals surface area contributed by atoms with E-state index in [9.17, 15) is 4.79 Å². The standard InChI is InChI=1S/C20H30N8OS/c1-13(2)11-27-17(25-26-20(27)30-5)7-6-10-21-18(29)9-8-16-14(3)24-19-22-12-23-28(19)15(16)4/h12-13H,6-11H2,1-5H3,(H,21,29). The molecular formula is C20H30N8OS. The van der Waals surface area contributed by atoms with Gasteiger partial charge in [-0.25, -0.2) is 9.50 Å². The Bertz CT molecular complexity index is 1010. The number of thioether (sulfide) groups is 1. The molecule has 0 fully saturated rings. The van der Waals surface area contributed by atoms with Crippen LogP contribution in [-0.4, -0.2) is 53.1 Å². The first-order valence-corrected chi connectivity index (χ1v) is 11.5. The summed E-state index contributed by atoms with van der Waals surface area (Å²) in [5.41, 5.74) is 2.93. The van der Waals surface area contributed by atoms with Gasteiger partial charge in [-0.15, -0.1) is 10.2 Å². The summed E-state index contributed by atoms with van der Waals surface area (Å²) in [4.78, 5) is 20.9. The van der Waals surface area contributed by atoms with Gasteiger partial charge in [-0.2, -0.15) is 10.1 Å². The van der Waals surface area contributed by atoms with E-state index in [1.165, 1.54) is 6.33 Å². The SMILES string of the molecule is CSc1nnc(CCCNC(=O)CCc2c(C)nc3ncnn3c2C)n1CC(C)C. The lowest BCUT2D eigenvalue weighted by molar-refractivity contribution is -0.121. The predicted molar refractivity (Wildman–Crippen MR) is 117 cm³/mol. The van der Waals surface area contributed by atoms with Crippen LogP contribution in [0.1, 0.15) is 49.5 Å². The second-order valence-corrected chi connectivity index (χ2v) is 8.57. The molecule has 30 heavy (non-hydrogen) atoms. The molecule has 10 heteroatoms. The molecule has 9 nitrogen and oxygen atoms in total. The first-order chi connectivity index (χ1) is 14.4. The molecule has 0 saturated carbocycles.